The maximum atomic E-state index is 11.4. The van der Waals surface area contributed by atoms with E-state index in [1.807, 2.05) is 30.0 Å². The second-order valence-electron chi connectivity index (χ2n) is 3.40. The second kappa shape index (κ2) is 6.17. The average molecular weight is 208 g/mol. The standard InChI is InChI=1S/C12H18NO2/c1-3-5-8-13-9-6-7-11(10-13)12(14)15-4-2/h6-7,9-10H,3-5,8H2,1-2H3/q+1. The highest BCUT2D eigenvalue weighted by molar-refractivity contribution is 5.88. The number of rotatable bonds is 5. The zero-order chi connectivity index (χ0) is 11.1. The highest BCUT2D eigenvalue weighted by Gasteiger charge is 2.10. The molecule has 0 radical (unpaired) electrons. The van der Waals surface area contributed by atoms with Gasteiger partial charge in [0.05, 0.1) is 6.61 Å². The SMILES string of the molecule is CCCC[n+]1cccc(C(=O)OCC)c1. The monoisotopic (exact) mass is 208 g/mol. The van der Waals surface area contributed by atoms with Gasteiger partial charge in [0.25, 0.3) is 0 Å². The van der Waals surface area contributed by atoms with Crippen LogP contribution < -0.4 is 4.57 Å². The molecule has 0 aliphatic rings. The fourth-order valence-corrected chi connectivity index (χ4v) is 1.34. The highest BCUT2D eigenvalue weighted by Crippen LogP contribution is 1.98. The topological polar surface area (TPSA) is 30.2 Å². The molecule has 0 aliphatic heterocycles. The Morgan fingerprint density at radius 1 is 1.47 bits per heavy atom. The molecule has 1 rings (SSSR count). The van der Waals surface area contributed by atoms with Crippen molar-refractivity contribution < 1.29 is 14.1 Å². The fraction of sp³-hybridized carbons (Fsp3) is 0.500. The molecule has 1 aromatic rings. The first kappa shape index (κ1) is 11.7. The van der Waals surface area contributed by atoms with Crippen molar-refractivity contribution in [2.45, 2.75) is 33.2 Å². The number of aromatic nitrogens is 1. The Balaban J connectivity index is 2.69. The molecule has 0 amide bonds. The minimum Gasteiger partial charge on any atom is -0.462 e. The van der Waals surface area contributed by atoms with Crippen molar-refractivity contribution >= 4 is 5.97 Å². The molecule has 15 heavy (non-hydrogen) atoms. The zero-order valence-corrected chi connectivity index (χ0v) is 9.40. The third kappa shape index (κ3) is 3.70. The number of nitrogens with zero attached hydrogens (tertiary/aromatic N) is 1. The highest BCUT2D eigenvalue weighted by atomic mass is 16.5. The van der Waals surface area contributed by atoms with Gasteiger partial charge in [-0.15, -0.1) is 0 Å². The van der Waals surface area contributed by atoms with E-state index in [0.29, 0.717) is 12.2 Å². The molecule has 0 aliphatic carbocycles. The van der Waals surface area contributed by atoms with Gasteiger partial charge in [0.1, 0.15) is 12.1 Å². The van der Waals surface area contributed by atoms with Gasteiger partial charge < -0.3 is 4.74 Å². The first-order valence-corrected chi connectivity index (χ1v) is 5.44. The Hall–Kier alpha value is -1.38. The summed E-state index contributed by atoms with van der Waals surface area (Å²) in [5, 5.41) is 0. The number of ether oxygens (including phenoxy) is 1. The molecule has 3 nitrogen and oxygen atoms in total. The van der Waals surface area contributed by atoms with Crippen LogP contribution in [0, 0.1) is 0 Å². The number of hydrogen-bond acceptors (Lipinski definition) is 2. The number of pyridine rings is 1. The lowest BCUT2D eigenvalue weighted by Crippen LogP contribution is -2.33. The lowest BCUT2D eigenvalue weighted by Gasteiger charge is -2.00. The van der Waals surface area contributed by atoms with Crippen LogP contribution in [0.4, 0.5) is 0 Å². The van der Waals surface area contributed by atoms with Crippen LogP contribution in [-0.2, 0) is 11.3 Å². The van der Waals surface area contributed by atoms with Crippen LogP contribution in [0.3, 0.4) is 0 Å². The molecule has 3 heteroatoms. The Bertz CT molecular complexity index is 323. The third-order valence-electron chi connectivity index (χ3n) is 2.14. The van der Waals surface area contributed by atoms with Crippen LogP contribution in [0.5, 0.6) is 0 Å². The number of unbranched alkanes of at least 4 members (excludes halogenated alkanes) is 1. The van der Waals surface area contributed by atoms with Gasteiger partial charge in [-0.2, -0.15) is 0 Å². The van der Waals surface area contributed by atoms with Gasteiger partial charge in [-0.05, 0) is 13.0 Å². The second-order valence-corrected chi connectivity index (χ2v) is 3.40. The zero-order valence-electron chi connectivity index (χ0n) is 9.40. The molecule has 0 bridgehead atoms. The van der Waals surface area contributed by atoms with Crippen molar-refractivity contribution in [1.29, 1.82) is 0 Å². The summed E-state index contributed by atoms with van der Waals surface area (Å²) < 4.78 is 6.96. The predicted octanol–water partition coefficient (Wildman–Crippen LogP) is 1.95. The lowest BCUT2D eigenvalue weighted by molar-refractivity contribution is -0.697. The van der Waals surface area contributed by atoms with E-state index in [-0.39, 0.29) is 5.97 Å². The van der Waals surface area contributed by atoms with Gasteiger partial charge in [0, 0.05) is 12.5 Å². The lowest BCUT2D eigenvalue weighted by atomic mass is 10.2. The van der Waals surface area contributed by atoms with Gasteiger partial charge in [-0.1, -0.05) is 13.3 Å². The van der Waals surface area contributed by atoms with Gasteiger partial charge >= 0.3 is 5.97 Å². The molecule has 0 saturated heterocycles. The van der Waals surface area contributed by atoms with E-state index in [1.165, 1.54) is 0 Å². The van der Waals surface area contributed by atoms with Crippen LogP contribution in [0.1, 0.15) is 37.0 Å². The van der Waals surface area contributed by atoms with Crippen LogP contribution in [-0.4, -0.2) is 12.6 Å². The number of esters is 1. The number of hydrogen-bond donors (Lipinski definition) is 0. The van der Waals surface area contributed by atoms with Crippen molar-refractivity contribution in [3.8, 4) is 0 Å². The van der Waals surface area contributed by atoms with Crippen LogP contribution in [0.2, 0.25) is 0 Å². The summed E-state index contributed by atoms with van der Waals surface area (Å²) in [6.07, 6.45) is 6.08. The molecule has 1 aromatic heterocycles. The molecule has 0 spiro atoms. The van der Waals surface area contributed by atoms with Crippen LogP contribution >= 0.6 is 0 Å². The molecule has 82 valence electrons. The number of carbonyl (C=O) groups excluding carboxylic acids is 1. The Morgan fingerprint density at radius 2 is 2.27 bits per heavy atom. The molecule has 0 N–H and O–H groups in total. The summed E-state index contributed by atoms with van der Waals surface area (Å²) in [6, 6.07) is 3.66. The molecule has 0 fully saturated rings. The molecule has 1 heterocycles. The molecule has 0 unspecified atom stereocenters. The Labute approximate surface area is 90.7 Å². The number of aryl methyl sites for hydroxylation is 1. The summed E-state index contributed by atoms with van der Waals surface area (Å²) in [6.45, 7) is 5.33. The maximum Gasteiger partial charge on any atom is 0.344 e. The van der Waals surface area contributed by atoms with Crippen molar-refractivity contribution in [3.05, 3.63) is 30.1 Å². The number of carbonyl (C=O) groups is 1. The van der Waals surface area contributed by atoms with E-state index in [2.05, 4.69) is 6.92 Å². The van der Waals surface area contributed by atoms with Gasteiger partial charge in [0.15, 0.2) is 12.4 Å². The van der Waals surface area contributed by atoms with Crippen molar-refractivity contribution in [2.75, 3.05) is 6.61 Å². The maximum absolute atomic E-state index is 11.4. The van der Waals surface area contributed by atoms with Gasteiger partial charge in [-0.3, -0.25) is 0 Å². The first-order chi connectivity index (χ1) is 7.27. The Kier molecular flexibility index (Phi) is 4.81. The van der Waals surface area contributed by atoms with E-state index in [9.17, 15) is 4.79 Å². The predicted molar refractivity (Wildman–Crippen MR) is 57.5 cm³/mol. The largest absolute Gasteiger partial charge is 0.462 e. The summed E-state index contributed by atoms with van der Waals surface area (Å²) in [7, 11) is 0. The average Bonchev–Trinajstić information content (AvgIpc) is 2.27. The molecular formula is C12H18NO2+. The van der Waals surface area contributed by atoms with Gasteiger partial charge in [-0.25, -0.2) is 9.36 Å². The van der Waals surface area contributed by atoms with Crippen molar-refractivity contribution in [1.82, 2.24) is 0 Å². The van der Waals surface area contributed by atoms with Crippen molar-refractivity contribution in [3.63, 3.8) is 0 Å². The van der Waals surface area contributed by atoms with E-state index in [4.69, 9.17) is 4.74 Å². The Morgan fingerprint density at radius 3 is 2.93 bits per heavy atom. The van der Waals surface area contributed by atoms with Crippen molar-refractivity contribution in [2.24, 2.45) is 0 Å². The van der Waals surface area contributed by atoms with E-state index < -0.39 is 0 Å². The summed E-state index contributed by atoms with van der Waals surface area (Å²) >= 11 is 0. The van der Waals surface area contributed by atoms with E-state index in [1.54, 1.807) is 6.07 Å². The third-order valence-corrected chi connectivity index (χ3v) is 2.14. The molecule has 0 saturated carbocycles. The normalized spacial score (nSPS) is 10.0. The minimum absolute atomic E-state index is 0.247. The van der Waals surface area contributed by atoms with Crippen LogP contribution in [0.15, 0.2) is 24.5 Å². The van der Waals surface area contributed by atoms with E-state index in [0.717, 1.165) is 19.4 Å². The summed E-state index contributed by atoms with van der Waals surface area (Å²) in [4.78, 5) is 11.4. The van der Waals surface area contributed by atoms with Crippen LogP contribution in [0.25, 0.3) is 0 Å². The summed E-state index contributed by atoms with van der Waals surface area (Å²) in [5.74, 6) is -0.247. The van der Waals surface area contributed by atoms with E-state index >= 15 is 0 Å². The first-order valence-electron chi connectivity index (χ1n) is 5.44. The smallest absolute Gasteiger partial charge is 0.344 e. The summed E-state index contributed by atoms with van der Waals surface area (Å²) in [5.41, 5.74) is 0.621. The molecule has 0 aromatic carbocycles. The quantitative estimate of drug-likeness (QED) is 0.547. The minimum atomic E-state index is -0.247. The van der Waals surface area contributed by atoms with Gasteiger partial charge in [0.2, 0.25) is 0 Å². The molecule has 0 atom stereocenters. The fourth-order valence-electron chi connectivity index (χ4n) is 1.34. The molecular weight excluding hydrogens is 190 g/mol.